The van der Waals surface area contributed by atoms with Crippen LogP contribution in [-0.2, 0) is 4.74 Å². The van der Waals surface area contributed by atoms with E-state index < -0.39 is 5.97 Å². The molecular formula is C13H13NO3. The van der Waals surface area contributed by atoms with Crippen LogP contribution in [0.4, 0.5) is 0 Å². The lowest BCUT2D eigenvalue weighted by Crippen LogP contribution is -2.19. The number of aryl methyl sites for hydroxylation is 2. The molecule has 0 radical (unpaired) electrons. The number of H-pyrrole nitrogens is 1. The number of ether oxygens (including phenoxy) is 1. The number of fused-ring (bicyclic) bond motifs is 1. The van der Waals surface area contributed by atoms with E-state index in [4.69, 9.17) is 0 Å². The van der Waals surface area contributed by atoms with Crippen molar-refractivity contribution in [3.05, 3.63) is 45.2 Å². The maximum absolute atomic E-state index is 12.2. The molecule has 0 aliphatic heterocycles. The van der Waals surface area contributed by atoms with Crippen molar-refractivity contribution in [2.24, 2.45) is 0 Å². The Morgan fingerprint density at radius 2 is 2.00 bits per heavy atom. The third kappa shape index (κ3) is 1.82. The van der Waals surface area contributed by atoms with E-state index in [0.29, 0.717) is 11.1 Å². The Hall–Kier alpha value is -2.10. The standard InChI is InChI=1S/C13H13NO3/c1-7-4-5-10-9(6-7)12(15)11(8(2)14-10)13(16)17-3/h4-6H,1-3H3,(H,14,15). The Labute approximate surface area is 98.2 Å². The van der Waals surface area contributed by atoms with Crippen molar-refractivity contribution in [1.29, 1.82) is 0 Å². The number of benzene rings is 1. The van der Waals surface area contributed by atoms with Gasteiger partial charge in [0.2, 0.25) is 5.43 Å². The van der Waals surface area contributed by atoms with Crippen LogP contribution in [0.2, 0.25) is 0 Å². The highest BCUT2D eigenvalue weighted by Gasteiger charge is 2.16. The third-order valence-electron chi connectivity index (χ3n) is 2.73. The topological polar surface area (TPSA) is 59.2 Å². The van der Waals surface area contributed by atoms with Crippen molar-refractivity contribution in [1.82, 2.24) is 4.98 Å². The Morgan fingerprint density at radius 3 is 2.65 bits per heavy atom. The maximum atomic E-state index is 12.2. The monoisotopic (exact) mass is 231 g/mol. The summed E-state index contributed by atoms with van der Waals surface area (Å²) >= 11 is 0. The number of nitrogens with one attached hydrogen (secondary N) is 1. The second-order valence-corrected chi connectivity index (χ2v) is 3.99. The highest BCUT2D eigenvalue weighted by Crippen LogP contribution is 2.13. The van der Waals surface area contributed by atoms with Gasteiger partial charge in [-0.15, -0.1) is 0 Å². The highest BCUT2D eigenvalue weighted by atomic mass is 16.5. The van der Waals surface area contributed by atoms with Gasteiger partial charge < -0.3 is 9.72 Å². The normalized spacial score (nSPS) is 10.5. The molecular weight excluding hydrogens is 218 g/mol. The Morgan fingerprint density at radius 1 is 1.29 bits per heavy atom. The molecule has 0 aliphatic rings. The number of rotatable bonds is 1. The molecule has 0 aliphatic carbocycles. The van der Waals surface area contributed by atoms with Gasteiger partial charge in [-0.1, -0.05) is 11.6 Å². The minimum Gasteiger partial charge on any atom is -0.465 e. The summed E-state index contributed by atoms with van der Waals surface area (Å²) in [6.07, 6.45) is 0. The van der Waals surface area contributed by atoms with Gasteiger partial charge in [0.1, 0.15) is 5.56 Å². The van der Waals surface area contributed by atoms with E-state index >= 15 is 0 Å². The highest BCUT2D eigenvalue weighted by molar-refractivity contribution is 5.95. The molecule has 1 aromatic carbocycles. The van der Waals surface area contributed by atoms with Gasteiger partial charge in [0.05, 0.1) is 7.11 Å². The molecule has 0 unspecified atom stereocenters. The molecule has 2 aromatic rings. The number of methoxy groups -OCH3 is 1. The van der Waals surface area contributed by atoms with E-state index in [9.17, 15) is 9.59 Å². The van der Waals surface area contributed by atoms with Crippen LogP contribution < -0.4 is 5.43 Å². The molecule has 0 amide bonds. The average Bonchev–Trinajstić information content (AvgIpc) is 2.30. The number of aromatic amines is 1. The summed E-state index contributed by atoms with van der Waals surface area (Å²) in [5.74, 6) is -0.604. The average molecular weight is 231 g/mol. The number of carbonyl (C=O) groups is 1. The largest absolute Gasteiger partial charge is 0.465 e. The van der Waals surface area contributed by atoms with Crippen LogP contribution in [0.1, 0.15) is 21.6 Å². The molecule has 0 fully saturated rings. The van der Waals surface area contributed by atoms with Gasteiger partial charge in [-0.25, -0.2) is 4.79 Å². The minimum absolute atomic E-state index is 0.0746. The summed E-state index contributed by atoms with van der Waals surface area (Å²) in [5.41, 5.74) is 2.02. The Balaban J connectivity index is 2.87. The number of carbonyl (C=O) groups excluding carboxylic acids is 1. The first-order chi connectivity index (χ1) is 8.04. The molecule has 4 nitrogen and oxygen atoms in total. The van der Waals surface area contributed by atoms with Crippen LogP contribution in [0.25, 0.3) is 10.9 Å². The molecule has 0 atom stereocenters. The second kappa shape index (κ2) is 4.05. The molecule has 17 heavy (non-hydrogen) atoms. The second-order valence-electron chi connectivity index (χ2n) is 3.99. The SMILES string of the molecule is COC(=O)c1c(C)[nH]c2ccc(C)cc2c1=O. The molecule has 4 heteroatoms. The van der Waals surface area contributed by atoms with Crippen LogP contribution in [0.5, 0.6) is 0 Å². The molecule has 0 saturated heterocycles. The van der Waals surface area contributed by atoms with E-state index in [1.807, 2.05) is 19.1 Å². The Bertz CT molecular complexity index is 655. The molecule has 0 spiro atoms. The van der Waals surface area contributed by atoms with Crippen molar-refractivity contribution >= 4 is 16.9 Å². The van der Waals surface area contributed by atoms with Gasteiger partial charge >= 0.3 is 5.97 Å². The lowest BCUT2D eigenvalue weighted by Gasteiger charge is -2.06. The summed E-state index contributed by atoms with van der Waals surface area (Å²) in [6.45, 7) is 3.59. The van der Waals surface area contributed by atoms with Crippen molar-refractivity contribution in [2.45, 2.75) is 13.8 Å². The fraction of sp³-hybridized carbons (Fsp3) is 0.231. The zero-order valence-electron chi connectivity index (χ0n) is 9.96. The lowest BCUT2D eigenvalue weighted by molar-refractivity contribution is 0.0598. The summed E-state index contributed by atoms with van der Waals surface area (Å²) < 4.78 is 4.62. The number of hydrogen-bond acceptors (Lipinski definition) is 3. The minimum atomic E-state index is -0.604. The summed E-state index contributed by atoms with van der Waals surface area (Å²) in [7, 11) is 1.27. The van der Waals surface area contributed by atoms with Crippen LogP contribution in [-0.4, -0.2) is 18.1 Å². The molecule has 1 heterocycles. The number of aromatic nitrogens is 1. The van der Waals surface area contributed by atoms with Gasteiger partial charge in [0, 0.05) is 16.6 Å². The smallest absolute Gasteiger partial charge is 0.343 e. The van der Waals surface area contributed by atoms with Crippen LogP contribution in [0.3, 0.4) is 0 Å². The van der Waals surface area contributed by atoms with Gasteiger partial charge in [-0.05, 0) is 26.0 Å². The van der Waals surface area contributed by atoms with E-state index in [0.717, 1.165) is 11.1 Å². The van der Waals surface area contributed by atoms with Gasteiger partial charge in [0.15, 0.2) is 0 Å². The van der Waals surface area contributed by atoms with Crippen LogP contribution >= 0.6 is 0 Å². The first kappa shape index (κ1) is 11.4. The van der Waals surface area contributed by atoms with Gasteiger partial charge in [-0.2, -0.15) is 0 Å². The predicted molar refractivity (Wildman–Crippen MR) is 65.4 cm³/mol. The quantitative estimate of drug-likeness (QED) is 0.763. The van der Waals surface area contributed by atoms with E-state index in [1.165, 1.54) is 7.11 Å². The Kier molecular flexibility index (Phi) is 2.71. The number of hydrogen-bond donors (Lipinski definition) is 1. The van der Waals surface area contributed by atoms with E-state index in [1.54, 1.807) is 13.0 Å². The number of pyridine rings is 1. The summed E-state index contributed by atoms with van der Waals surface area (Å²) in [6, 6.07) is 5.51. The zero-order valence-corrected chi connectivity index (χ0v) is 9.96. The molecule has 88 valence electrons. The van der Waals surface area contributed by atoms with E-state index in [-0.39, 0.29) is 11.0 Å². The lowest BCUT2D eigenvalue weighted by atomic mass is 10.1. The van der Waals surface area contributed by atoms with E-state index in [2.05, 4.69) is 9.72 Å². The third-order valence-corrected chi connectivity index (χ3v) is 2.73. The zero-order chi connectivity index (χ0) is 12.6. The van der Waals surface area contributed by atoms with Crippen molar-refractivity contribution in [3.8, 4) is 0 Å². The van der Waals surface area contributed by atoms with Crippen molar-refractivity contribution in [3.63, 3.8) is 0 Å². The van der Waals surface area contributed by atoms with Crippen LogP contribution in [0.15, 0.2) is 23.0 Å². The molecule has 1 N–H and O–H groups in total. The molecule has 2 rings (SSSR count). The number of esters is 1. The van der Waals surface area contributed by atoms with Gasteiger partial charge in [0.25, 0.3) is 0 Å². The van der Waals surface area contributed by atoms with Crippen LogP contribution in [0, 0.1) is 13.8 Å². The fourth-order valence-electron chi connectivity index (χ4n) is 1.87. The molecule has 0 saturated carbocycles. The summed E-state index contributed by atoms with van der Waals surface area (Å²) in [5, 5.41) is 0.510. The maximum Gasteiger partial charge on any atom is 0.343 e. The van der Waals surface area contributed by atoms with Crippen molar-refractivity contribution in [2.75, 3.05) is 7.11 Å². The fourth-order valence-corrected chi connectivity index (χ4v) is 1.87. The molecule has 1 aromatic heterocycles. The molecule has 0 bridgehead atoms. The first-order valence-electron chi connectivity index (χ1n) is 5.26. The predicted octanol–water partition coefficient (Wildman–Crippen LogP) is 1.93. The summed E-state index contributed by atoms with van der Waals surface area (Å²) in [4.78, 5) is 26.8. The van der Waals surface area contributed by atoms with Crippen molar-refractivity contribution < 1.29 is 9.53 Å². The van der Waals surface area contributed by atoms with Gasteiger partial charge in [-0.3, -0.25) is 4.79 Å². The first-order valence-corrected chi connectivity index (χ1v) is 5.26.